The Hall–Kier alpha value is -3.85. The Morgan fingerprint density at radius 1 is 1.09 bits per heavy atom. The van der Waals surface area contributed by atoms with Gasteiger partial charge in [0.05, 0.1) is 16.8 Å². The fraction of sp³-hybridized carbons (Fsp3) is 0.0455. The number of carbonyl (C=O) groups excluding carboxylic acids is 1. The van der Waals surface area contributed by atoms with Gasteiger partial charge in [-0.25, -0.2) is 4.79 Å². The number of amides is 1. The molecule has 32 heavy (non-hydrogen) atoms. The first-order chi connectivity index (χ1) is 15.1. The van der Waals surface area contributed by atoms with Crippen LogP contribution in [-0.2, 0) is 4.79 Å². The van der Waals surface area contributed by atoms with Crippen molar-refractivity contribution in [3.05, 3.63) is 82.6 Å². The van der Waals surface area contributed by atoms with Crippen LogP contribution in [0, 0.1) is 0 Å². The zero-order chi connectivity index (χ0) is 23.0. The van der Waals surface area contributed by atoms with Gasteiger partial charge < -0.3 is 9.52 Å². The normalized spacial score (nSPS) is 15.4. The molecule has 6 nitrogen and oxygen atoms in total. The molecule has 1 aliphatic heterocycles. The molecule has 2 aromatic carbocycles. The summed E-state index contributed by atoms with van der Waals surface area (Å²) in [6.07, 6.45) is -3.94. The molecule has 3 aromatic rings. The van der Waals surface area contributed by atoms with Crippen LogP contribution in [0.15, 0.2) is 75.8 Å². The molecule has 0 bridgehead atoms. The number of hydrazone groups is 1. The van der Waals surface area contributed by atoms with Gasteiger partial charge in [-0.05, 0) is 54.6 Å². The van der Waals surface area contributed by atoms with E-state index in [1.54, 1.807) is 30.3 Å². The number of carboxylic acid groups (broad SMARTS) is 1. The van der Waals surface area contributed by atoms with E-state index >= 15 is 0 Å². The lowest BCUT2D eigenvalue weighted by atomic mass is 10.1. The van der Waals surface area contributed by atoms with Crippen LogP contribution >= 0.6 is 11.6 Å². The monoisotopic (exact) mass is 460 g/mol. The molecule has 0 saturated heterocycles. The lowest BCUT2D eigenvalue weighted by Crippen LogP contribution is -2.25. The summed E-state index contributed by atoms with van der Waals surface area (Å²) in [6.45, 7) is 0. The quantitative estimate of drug-likeness (QED) is 0.510. The zero-order valence-electron chi connectivity index (χ0n) is 15.9. The highest BCUT2D eigenvalue weighted by molar-refractivity contribution is 6.34. The van der Waals surface area contributed by atoms with Crippen LogP contribution in [0.3, 0.4) is 0 Å². The lowest BCUT2D eigenvalue weighted by Gasteiger charge is -2.11. The van der Waals surface area contributed by atoms with Gasteiger partial charge in [0.1, 0.15) is 11.5 Å². The topological polar surface area (TPSA) is 83.1 Å². The summed E-state index contributed by atoms with van der Waals surface area (Å²) in [5.74, 6) is -1.86. The van der Waals surface area contributed by atoms with E-state index in [0.717, 1.165) is 6.08 Å². The molecule has 10 heteroatoms. The molecule has 1 aromatic heterocycles. The molecule has 4 rings (SSSR count). The number of hydrogen-bond donors (Lipinski definition) is 1. The van der Waals surface area contributed by atoms with E-state index in [0.29, 0.717) is 21.4 Å². The highest BCUT2D eigenvalue weighted by atomic mass is 35.5. The Bertz CT molecular complexity index is 1280. The van der Waals surface area contributed by atoms with Crippen LogP contribution in [0.4, 0.5) is 18.9 Å². The smallest absolute Gasteiger partial charge is 0.435 e. The molecule has 2 heterocycles. The zero-order valence-corrected chi connectivity index (χ0v) is 16.7. The maximum Gasteiger partial charge on any atom is 0.435 e. The minimum atomic E-state index is -4.90. The first kappa shape index (κ1) is 21.4. The van der Waals surface area contributed by atoms with Crippen molar-refractivity contribution in [2.45, 2.75) is 6.18 Å². The summed E-state index contributed by atoms with van der Waals surface area (Å²) in [7, 11) is 0. The summed E-state index contributed by atoms with van der Waals surface area (Å²) < 4.78 is 46.3. The molecule has 0 atom stereocenters. The Morgan fingerprint density at radius 3 is 2.44 bits per heavy atom. The molecule has 1 aliphatic rings. The first-order valence-corrected chi connectivity index (χ1v) is 9.43. The van der Waals surface area contributed by atoms with Gasteiger partial charge in [0.25, 0.3) is 5.91 Å². The van der Waals surface area contributed by atoms with Gasteiger partial charge in [0, 0.05) is 10.6 Å². The summed E-state index contributed by atoms with van der Waals surface area (Å²) in [5.41, 5.74) is -1.56. The minimum Gasteiger partial charge on any atom is -0.478 e. The van der Waals surface area contributed by atoms with Crippen LogP contribution in [0.1, 0.15) is 16.1 Å². The fourth-order valence-corrected chi connectivity index (χ4v) is 3.23. The van der Waals surface area contributed by atoms with E-state index in [4.69, 9.17) is 21.1 Å². The molecular formula is C22H12ClF3N2O4. The average Bonchev–Trinajstić information content (AvgIpc) is 3.33. The van der Waals surface area contributed by atoms with Crippen molar-refractivity contribution in [1.82, 2.24) is 0 Å². The standard InChI is InChI=1S/C22H12ClF3N2O4/c23-14-3-1-2-13(10-14)18-9-8-16(32-18)11-17-19(22(24,25)26)27-28(20(17)29)15-6-4-12(5-7-15)21(30)31/h1-11H,(H,30,31)/b17-11+. The predicted octanol–water partition coefficient (Wildman–Crippen LogP) is 5.65. The van der Waals surface area contributed by atoms with Crippen molar-refractivity contribution in [3.63, 3.8) is 0 Å². The van der Waals surface area contributed by atoms with Crippen molar-refractivity contribution in [3.8, 4) is 11.3 Å². The number of alkyl halides is 3. The van der Waals surface area contributed by atoms with Gasteiger partial charge in [-0.1, -0.05) is 23.7 Å². The van der Waals surface area contributed by atoms with E-state index in [1.165, 1.54) is 30.3 Å². The highest BCUT2D eigenvalue weighted by Gasteiger charge is 2.47. The number of halogens is 4. The number of anilines is 1. The summed E-state index contributed by atoms with van der Waals surface area (Å²) in [6, 6.07) is 14.4. The van der Waals surface area contributed by atoms with Crippen molar-refractivity contribution in [2.75, 3.05) is 5.01 Å². The SMILES string of the molecule is O=C(O)c1ccc(N2N=C(C(F)(F)F)/C(=C\c3ccc(-c4cccc(Cl)c4)o3)C2=O)cc1. The first-order valence-electron chi connectivity index (χ1n) is 9.05. The predicted molar refractivity (Wildman–Crippen MR) is 112 cm³/mol. The van der Waals surface area contributed by atoms with Gasteiger partial charge in [-0.15, -0.1) is 0 Å². The number of aromatic carboxylic acids is 1. The molecule has 0 spiro atoms. The van der Waals surface area contributed by atoms with Crippen molar-refractivity contribution in [1.29, 1.82) is 0 Å². The largest absolute Gasteiger partial charge is 0.478 e. The van der Waals surface area contributed by atoms with Crippen LogP contribution in [0.25, 0.3) is 17.4 Å². The van der Waals surface area contributed by atoms with Gasteiger partial charge >= 0.3 is 12.1 Å². The van der Waals surface area contributed by atoms with Crippen LogP contribution in [-0.4, -0.2) is 28.9 Å². The molecule has 1 amide bonds. The van der Waals surface area contributed by atoms with Gasteiger partial charge in [0.2, 0.25) is 0 Å². The second-order valence-corrected chi connectivity index (χ2v) is 7.12. The number of nitrogens with zero attached hydrogens (tertiary/aromatic N) is 2. The van der Waals surface area contributed by atoms with Crippen LogP contribution in [0.2, 0.25) is 5.02 Å². The number of carboxylic acids is 1. The van der Waals surface area contributed by atoms with Crippen LogP contribution in [0.5, 0.6) is 0 Å². The lowest BCUT2D eigenvalue weighted by molar-refractivity contribution is -0.114. The number of benzene rings is 2. The summed E-state index contributed by atoms with van der Waals surface area (Å²) in [4.78, 5) is 23.8. The molecule has 0 saturated carbocycles. The van der Waals surface area contributed by atoms with Gasteiger partial charge in [0.15, 0.2) is 5.71 Å². The average molecular weight is 461 g/mol. The third kappa shape index (κ3) is 4.15. The van der Waals surface area contributed by atoms with E-state index in [1.807, 2.05) is 0 Å². The second-order valence-electron chi connectivity index (χ2n) is 6.69. The fourth-order valence-electron chi connectivity index (χ4n) is 3.04. The maximum atomic E-state index is 13.6. The maximum absolute atomic E-state index is 13.6. The Balaban J connectivity index is 1.70. The number of hydrogen-bond acceptors (Lipinski definition) is 4. The third-order valence-electron chi connectivity index (χ3n) is 4.53. The molecular weight excluding hydrogens is 449 g/mol. The van der Waals surface area contributed by atoms with E-state index in [2.05, 4.69) is 5.10 Å². The second kappa shape index (κ2) is 8.01. The Morgan fingerprint density at radius 2 is 1.81 bits per heavy atom. The van der Waals surface area contributed by atoms with E-state index in [9.17, 15) is 22.8 Å². The van der Waals surface area contributed by atoms with Crippen LogP contribution < -0.4 is 5.01 Å². The Labute approximate surface area is 183 Å². The van der Waals surface area contributed by atoms with Crippen molar-refractivity contribution >= 4 is 41.0 Å². The van der Waals surface area contributed by atoms with E-state index < -0.39 is 29.3 Å². The van der Waals surface area contributed by atoms with Crippen molar-refractivity contribution in [2.24, 2.45) is 5.10 Å². The molecule has 1 N–H and O–H groups in total. The molecule has 0 fully saturated rings. The molecule has 0 aliphatic carbocycles. The molecule has 0 unspecified atom stereocenters. The molecule has 162 valence electrons. The van der Waals surface area contributed by atoms with Gasteiger partial charge in [-0.2, -0.15) is 23.3 Å². The molecule has 0 radical (unpaired) electrons. The number of rotatable bonds is 4. The third-order valence-corrected chi connectivity index (χ3v) is 4.76. The highest BCUT2D eigenvalue weighted by Crippen LogP contribution is 2.33. The minimum absolute atomic E-state index is 0.00999. The van der Waals surface area contributed by atoms with Gasteiger partial charge in [-0.3, -0.25) is 4.79 Å². The summed E-state index contributed by atoms with van der Waals surface area (Å²) >= 11 is 5.95. The number of furan rings is 1. The Kier molecular flexibility index (Phi) is 5.35. The van der Waals surface area contributed by atoms with E-state index in [-0.39, 0.29) is 17.0 Å². The number of carbonyl (C=O) groups is 2. The summed E-state index contributed by atoms with van der Waals surface area (Å²) in [5, 5.41) is 13.4. The van der Waals surface area contributed by atoms with Crippen molar-refractivity contribution < 1.29 is 32.3 Å².